The lowest BCUT2D eigenvalue weighted by Gasteiger charge is -2.34. The van der Waals surface area contributed by atoms with Crippen LogP contribution in [0.4, 0.5) is 5.82 Å². The van der Waals surface area contributed by atoms with Crippen LogP contribution >= 0.6 is 0 Å². The Hall–Kier alpha value is -4.01. The van der Waals surface area contributed by atoms with Crippen LogP contribution in [-0.4, -0.2) is 56.7 Å². The first kappa shape index (κ1) is 19.0. The maximum atomic E-state index is 12.9. The number of imidazole rings is 1. The number of rotatable bonds is 3. The number of piperazine rings is 1. The zero-order valence-electron chi connectivity index (χ0n) is 16.9. The number of para-hydroxylation sites is 1. The van der Waals surface area contributed by atoms with Crippen molar-refractivity contribution in [3.8, 4) is 5.82 Å². The summed E-state index contributed by atoms with van der Waals surface area (Å²) in [7, 11) is 0. The summed E-state index contributed by atoms with van der Waals surface area (Å²) < 4.78 is 7.56. The first-order chi connectivity index (χ1) is 15.1. The molecule has 1 aliphatic heterocycles. The number of carbonyl (C=O) groups is 1. The van der Waals surface area contributed by atoms with Crippen molar-refractivity contribution in [2.45, 2.75) is 6.92 Å². The number of amides is 1. The third kappa shape index (κ3) is 3.54. The van der Waals surface area contributed by atoms with Crippen molar-refractivity contribution in [3.63, 3.8) is 0 Å². The molecule has 0 atom stereocenters. The van der Waals surface area contributed by atoms with Gasteiger partial charge in [0.05, 0.1) is 5.39 Å². The normalized spacial score (nSPS) is 14.2. The number of nitrogens with zero attached hydrogens (tertiary/aromatic N) is 6. The van der Waals surface area contributed by atoms with Crippen LogP contribution in [0.1, 0.15) is 16.4 Å². The molecule has 0 N–H and O–H groups in total. The lowest BCUT2D eigenvalue weighted by Crippen LogP contribution is -2.49. The van der Waals surface area contributed by atoms with Crippen LogP contribution in [0.5, 0.6) is 0 Å². The molecule has 5 rings (SSSR count). The van der Waals surface area contributed by atoms with E-state index in [9.17, 15) is 9.59 Å². The molecule has 1 fully saturated rings. The van der Waals surface area contributed by atoms with Crippen LogP contribution in [0.2, 0.25) is 0 Å². The summed E-state index contributed by atoms with van der Waals surface area (Å²) in [6, 6.07) is 12.0. The first-order valence-electron chi connectivity index (χ1n) is 10.0. The largest absolute Gasteiger partial charge is 0.451 e. The molecule has 0 bridgehead atoms. The molecule has 0 saturated carbocycles. The van der Waals surface area contributed by atoms with Crippen LogP contribution in [-0.2, 0) is 0 Å². The van der Waals surface area contributed by atoms with Crippen molar-refractivity contribution in [3.05, 3.63) is 76.7 Å². The number of benzene rings is 1. The Bertz CT molecular complexity index is 1300. The van der Waals surface area contributed by atoms with E-state index in [2.05, 4.69) is 20.1 Å². The van der Waals surface area contributed by atoms with Gasteiger partial charge < -0.3 is 14.2 Å². The van der Waals surface area contributed by atoms with Crippen LogP contribution < -0.4 is 10.3 Å². The second kappa shape index (κ2) is 7.67. The van der Waals surface area contributed by atoms with Crippen molar-refractivity contribution < 1.29 is 9.21 Å². The van der Waals surface area contributed by atoms with Crippen LogP contribution in [0.25, 0.3) is 16.8 Å². The van der Waals surface area contributed by atoms with Gasteiger partial charge in [-0.05, 0) is 31.2 Å². The molecule has 4 heterocycles. The molecule has 1 amide bonds. The number of hydrogen-bond donors (Lipinski definition) is 0. The molecule has 156 valence electrons. The van der Waals surface area contributed by atoms with Crippen molar-refractivity contribution in [1.29, 1.82) is 0 Å². The van der Waals surface area contributed by atoms with E-state index in [1.54, 1.807) is 35.4 Å². The van der Waals surface area contributed by atoms with Gasteiger partial charge in [-0.2, -0.15) is 0 Å². The highest BCUT2D eigenvalue weighted by atomic mass is 16.3. The molecule has 9 nitrogen and oxygen atoms in total. The molecule has 1 saturated heterocycles. The Morgan fingerprint density at radius 3 is 2.45 bits per heavy atom. The zero-order valence-corrected chi connectivity index (χ0v) is 16.9. The summed E-state index contributed by atoms with van der Waals surface area (Å²) in [6.07, 6.45) is 3.56. The van der Waals surface area contributed by atoms with E-state index >= 15 is 0 Å². The summed E-state index contributed by atoms with van der Waals surface area (Å²) >= 11 is 0. The summed E-state index contributed by atoms with van der Waals surface area (Å²) in [5.41, 5.74) is 0.202. The van der Waals surface area contributed by atoms with Gasteiger partial charge in [0.15, 0.2) is 22.8 Å². The summed E-state index contributed by atoms with van der Waals surface area (Å²) in [5, 5.41) is 9.11. The average Bonchev–Trinajstić information content (AvgIpc) is 3.24. The lowest BCUT2D eigenvalue weighted by atomic mass is 10.2. The van der Waals surface area contributed by atoms with Gasteiger partial charge in [-0.25, -0.2) is 4.98 Å². The van der Waals surface area contributed by atoms with Gasteiger partial charge in [0, 0.05) is 44.6 Å². The van der Waals surface area contributed by atoms with Crippen LogP contribution in [0.3, 0.4) is 0 Å². The molecule has 3 aromatic heterocycles. The highest BCUT2D eigenvalue weighted by molar-refractivity contribution is 5.93. The quantitative estimate of drug-likeness (QED) is 0.504. The molecular weight excluding hydrogens is 396 g/mol. The zero-order chi connectivity index (χ0) is 21.4. The predicted octanol–water partition coefficient (Wildman–Crippen LogP) is 2.04. The smallest absolute Gasteiger partial charge is 0.289 e. The van der Waals surface area contributed by atoms with E-state index in [1.807, 2.05) is 29.8 Å². The molecule has 31 heavy (non-hydrogen) atoms. The van der Waals surface area contributed by atoms with Crippen LogP contribution in [0, 0.1) is 6.92 Å². The van der Waals surface area contributed by atoms with Crippen molar-refractivity contribution >= 4 is 22.7 Å². The number of aryl methyl sites for hydroxylation is 1. The molecule has 4 aromatic rings. The van der Waals surface area contributed by atoms with Crippen molar-refractivity contribution in [1.82, 2.24) is 24.6 Å². The van der Waals surface area contributed by atoms with E-state index in [0.717, 1.165) is 11.6 Å². The molecule has 1 aromatic carbocycles. The monoisotopic (exact) mass is 416 g/mol. The van der Waals surface area contributed by atoms with Gasteiger partial charge in [0.2, 0.25) is 0 Å². The minimum atomic E-state index is -0.278. The minimum Gasteiger partial charge on any atom is -0.451 e. The third-order valence-electron chi connectivity index (χ3n) is 5.45. The summed E-state index contributed by atoms with van der Waals surface area (Å²) in [5.74, 6) is 2.09. The number of anilines is 1. The number of fused-ring (bicyclic) bond motifs is 1. The van der Waals surface area contributed by atoms with Gasteiger partial charge in [-0.3, -0.25) is 14.2 Å². The fraction of sp³-hybridized carbons (Fsp3) is 0.227. The fourth-order valence-corrected chi connectivity index (χ4v) is 3.74. The number of aromatic nitrogens is 4. The molecule has 0 aliphatic carbocycles. The van der Waals surface area contributed by atoms with Crippen molar-refractivity contribution in [2.75, 3.05) is 31.1 Å². The predicted molar refractivity (Wildman–Crippen MR) is 114 cm³/mol. The Morgan fingerprint density at radius 2 is 1.74 bits per heavy atom. The van der Waals surface area contributed by atoms with E-state index in [4.69, 9.17) is 4.42 Å². The van der Waals surface area contributed by atoms with Gasteiger partial charge in [0.25, 0.3) is 5.91 Å². The molecule has 0 unspecified atom stereocenters. The van der Waals surface area contributed by atoms with Crippen molar-refractivity contribution in [2.24, 2.45) is 0 Å². The Morgan fingerprint density at radius 1 is 1.00 bits per heavy atom. The van der Waals surface area contributed by atoms with E-state index in [0.29, 0.717) is 43.0 Å². The molecule has 1 aliphatic rings. The molecule has 0 spiro atoms. The average molecular weight is 416 g/mol. The maximum Gasteiger partial charge on any atom is 0.289 e. The summed E-state index contributed by atoms with van der Waals surface area (Å²) in [4.78, 5) is 33.2. The minimum absolute atomic E-state index is 0.0667. The lowest BCUT2D eigenvalue weighted by molar-refractivity contribution is 0.0715. The standard InChI is InChI=1S/C22H20N6O3/c1-15-23-8-9-28(15)21-7-6-20(24-25-21)26-10-12-27(13-11-26)22(30)19-14-17(29)16-4-2-3-5-18(16)31-19/h2-9,14H,10-13H2,1H3. The fourth-order valence-electron chi connectivity index (χ4n) is 3.74. The number of carbonyl (C=O) groups excluding carboxylic acids is 1. The van der Waals surface area contributed by atoms with Gasteiger partial charge in [-0.1, -0.05) is 12.1 Å². The maximum absolute atomic E-state index is 12.9. The van der Waals surface area contributed by atoms with Gasteiger partial charge in [0.1, 0.15) is 11.4 Å². The first-order valence-corrected chi connectivity index (χ1v) is 10.0. The number of hydrogen-bond acceptors (Lipinski definition) is 7. The Labute approximate surface area is 177 Å². The SMILES string of the molecule is Cc1nccn1-c1ccc(N2CCN(C(=O)c3cc(=O)c4ccccc4o3)CC2)nn1. The van der Waals surface area contributed by atoms with E-state index in [1.165, 1.54) is 6.07 Å². The second-order valence-corrected chi connectivity index (χ2v) is 7.34. The highest BCUT2D eigenvalue weighted by Gasteiger charge is 2.25. The Kier molecular flexibility index (Phi) is 4.70. The van der Waals surface area contributed by atoms with Crippen LogP contribution in [0.15, 0.2) is 64.1 Å². The molecule has 9 heteroatoms. The third-order valence-corrected chi connectivity index (χ3v) is 5.45. The van der Waals surface area contributed by atoms with E-state index in [-0.39, 0.29) is 17.1 Å². The second-order valence-electron chi connectivity index (χ2n) is 7.34. The molecule has 0 radical (unpaired) electrons. The Balaban J connectivity index is 1.28. The highest BCUT2D eigenvalue weighted by Crippen LogP contribution is 2.17. The van der Waals surface area contributed by atoms with Gasteiger partial charge >= 0.3 is 0 Å². The summed E-state index contributed by atoms with van der Waals surface area (Å²) in [6.45, 7) is 4.13. The topological polar surface area (TPSA) is 97.4 Å². The van der Waals surface area contributed by atoms with Gasteiger partial charge in [-0.15, -0.1) is 10.2 Å². The molecular formula is C22H20N6O3. The van der Waals surface area contributed by atoms with E-state index < -0.39 is 0 Å².